The van der Waals surface area contributed by atoms with Crippen molar-refractivity contribution >= 4 is 29.1 Å². The largest absolute Gasteiger partial charge is 0.335 e. The van der Waals surface area contributed by atoms with E-state index in [1.807, 2.05) is 23.1 Å². The Morgan fingerprint density at radius 3 is 2.67 bits per heavy atom. The molecule has 7 heteroatoms. The van der Waals surface area contributed by atoms with E-state index in [1.54, 1.807) is 18.3 Å². The first-order valence-electron chi connectivity index (χ1n) is 8.03. The highest BCUT2D eigenvalue weighted by Gasteiger charge is 2.22. The van der Waals surface area contributed by atoms with Crippen LogP contribution in [0.2, 0.25) is 5.02 Å². The number of rotatable bonds is 4. The number of carbonyl (C=O) groups is 1. The third kappa shape index (κ3) is 3.83. The Balaban J connectivity index is 1.71. The molecule has 0 radical (unpaired) electrons. The van der Waals surface area contributed by atoms with Crippen LogP contribution in [0, 0.1) is 0 Å². The normalized spacial score (nSPS) is 15.3. The molecule has 0 unspecified atom stereocenters. The molecule has 0 bridgehead atoms. The van der Waals surface area contributed by atoms with E-state index < -0.39 is 0 Å². The lowest BCUT2D eigenvalue weighted by atomic mass is 10.2. The second-order valence-electron chi connectivity index (χ2n) is 5.60. The molecule has 6 nitrogen and oxygen atoms in total. The average Bonchev–Trinajstić information content (AvgIpc) is 2.63. The lowest BCUT2D eigenvalue weighted by Gasteiger charge is -2.33. The van der Waals surface area contributed by atoms with Gasteiger partial charge in [0.15, 0.2) is 0 Å². The van der Waals surface area contributed by atoms with Gasteiger partial charge in [-0.2, -0.15) is 0 Å². The van der Waals surface area contributed by atoms with Gasteiger partial charge in [0.1, 0.15) is 5.69 Å². The van der Waals surface area contributed by atoms with Crippen LogP contribution in [0.5, 0.6) is 0 Å². The summed E-state index contributed by atoms with van der Waals surface area (Å²) in [5.41, 5.74) is 1.10. The van der Waals surface area contributed by atoms with Gasteiger partial charge in [-0.3, -0.25) is 4.79 Å². The summed E-state index contributed by atoms with van der Waals surface area (Å²) in [7, 11) is 0. The standard InChI is InChI=1S/C17H20ClN5O/c1-2-22-9-11-23(12-10-22)16(24)15-7-8-19-17(21-15)20-14-6-4-3-5-13(14)18/h3-8H,2,9-12H2,1H3,(H,19,20,21). The molecule has 0 saturated carbocycles. The van der Waals surface area contributed by atoms with Crippen molar-refractivity contribution in [2.75, 3.05) is 38.0 Å². The van der Waals surface area contributed by atoms with E-state index in [-0.39, 0.29) is 5.91 Å². The third-order valence-corrected chi connectivity index (χ3v) is 4.43. The maximum Gasteiger partial charge on any atom is 0.272 e. The minimum Gasteiger partial charge on any atom is -0.335 e. The lowest BCUT2D eigenvalue weighted by molar-refractivity contribution is 0.0637. The highest BCUT2D eigenvalue weighted by atomic mass is 35.5. The molecule has 2 heterocycles. The number of hydrogen-bond acceptors (Lipinski definition) is 5. The zero-order chi connectivity index (χ0) is 16.9. The van der Waals surface area contributed by atoms with E-state index in [4.69, 9.17) is 11.6 Å². The molecule has 1 fully saturated rings. The Kier molecular flexibility index (Phi) is 5.27. The second kappa shape index (κ2) is 7.59. The van der Waals surface area contributed by atoms with Gasteiger partial charge in [-0.1, -0.05) is 30.7 Å². The van der Waals surface area contributed by atoms with Gasteiger partial charge in [-0.15, -0.1) is 0 Å². The molecule has 1 saturated heterocycles. The number of nitrogens with zero attached hydrogens (tertiary/aromatic N) is 4. The zero-order valence-corrected chi connectivity index (χ0v) is 14.3. The van der Waals surface area contributed by atoms with Gasteiger partial charge in [0.05, 0.1) is 10.7 Å². The van der Waals surface area contributed by atoms with Gasteiger partial charge in [0.2, 0.25) is 5.95 Å². The van der Waals surface area contributed by atoms with E-state index in [9.17, 15) is 4.79 Å². The minimum absolute atomic E-state index is 0.0599. The number of benzene rings is 1. The Morgan fingerprint density at radius 2 is 1.96 bits per heavy atom. The average molecular weight is 346 g/mol. The number of para-hydroxylation sites is 1. The van der Waals surface area contributed by atoms with Crippen molar-refractivity contribution in [1.82, 2.24) is 19.8 Å². The highest BCUT2D eigenvalue weighted by molar-refractivity contribution is 6.33. The van der Waals surface area contributed by atoms with E-state index >= 15 is 0 Å². The first-order valence-corrected chi connectivity index (χ1v) is 8.41. The number of amides is 1. The van der Waals surface area contributed by atoms with Crippen molar-refractivity contribution in [1.29, 1.82) is 0 Å². The van der Waals surface area contributed by atoms with Crippen molar-refractivity contribution in [3.05, 3.63) is 47.2 Å². The fourth-order valence-electron chi connectivity index (χ4n) is 2.65. The summed E-state index contributed by atoms with van der Waals surface area (Å²) < 4.78 is 0. The molecule has 24 heavy (non-hydrogen) atoms. The van der Waals surface area contributed by atoms with Gasteiger partial charge < -0.3 is 15.1 Å². The Hall–Kier alpha value is -2.18. The van der Waals surface area contributed by atoms with Crippen molar-refractivity contribution in [2.45, 2.75) is 6.92 Å². The molecule has 0 aliphatic carbocycles. The van der Waals surface area contributed by atoms with Crippen LogP contribution in [-0.2, 0) is 0 Å². The summed E-state index contributed by atoms with van der Waals surface area (Å²) in [6.45, 7) is 6.40. The molecule has 1 N–H and O–H groups in total. The van der Waals surface area contributed by atoms with Crippen LogP contribution < -0.4 is 5.32 Å². The molecular weight excluding hydrogens is 326 g/mol. The van der Waals surface area contributed by atoms with E-state index in [2.05, 4.69) is 27.1 Å². The lowest BCUT2D eigenvalue weighted by Crippen LogP contribution is -2.48. The molecule has 2 aromatic rings. The zero-order valence-electron chi connectivity index (χ0n) is 13.6. The van der Waals surface area contributed by atoms with Crippen LogP contribution in [0.4, 0.5) is 11.6 Å². The molecule has 0 spiro atoms. The van der Waals surface area contributed by atoms with Crippen molar-refractivity contribution < 1.29 is 4.79 Å². The Labute approximate surface area is 146 Å². The Morgan fingerprint density at radius 1 is 1.21 bits per heavy atom. The molecule has 1 aromatic carbocycles. The third-order valence-electron chi connectivity index (χ3n) is 4.10. The Bertz CT molecular complexity index is 716. The van der Waals surface area contributed by atoms with E-state index in [1.165, 1.54) is 0 Å². The molecule has 3 rings (SSSR count). The van der Waals surface area contributed by atoms with Crippen molar-refractivity contribution in [3.8, 4) is 0 Å². The minimum atomic E-state index is -0.0599. The summed E-state index contributed by atoms with van der Waals surface area (Å²) in [6.07, 6.45) is 1.59. The SMILES string of the molecule is CCN1CCN(C(=O)c2ccnc(Nc3ccccc3Cl)n2)CC1. The maximum absolute atomic E-state index is 12.6. The smallest absolute Gasteiger partial charge is 0.272 e. The topological polar surface area (TPSA) is 61.4 Å². The van der Waals surface area contributed by atoms with Gasteiger partial charge >= 0.3 is 0 Å². The predicted octanol–water partition coefficient (Wildman–Crippen LogP) is 2.65. The molecular formula is C17H20ClN5O. The van der Waals surface area contributed by atoms with Gasteiger partial charge in [0, 0.05) is 32.4 Å². The number of halogens is 1. The summed E-state index contributed by atoms with van der Waals surface area (Å²) >= 11 is 6.13. The van der Waals surface area contributed by atoms with Crippen LogP contribution in [-0.4, -0.2) is 58.4 Å². The molecule has 1 aromatic heterocycles. The van der Waals surface area contributed by atoms with Crippen LogP contribution >= 0.6 is 11.6 Å². The molecule has 1 aliphatic rings. The number of anilines is 2. The monoisotopic (exact) mass is 345 g/mol. The number of aromatic nitrogens is 2. The molecule has 126 valence electrons. The van der Waals surface area contributed by atoms with Gasteiger partial charge in [0.25, 0.3) is 5.91 Å². The molecule has 1 aliphatic heterocycles. The van der Waals surface area contributed by atoms with Crippen LogP contribution in [0.15, 0.2) is 36.5 Å². The number of piperazine rings is 1. The van der Waals surface area contributed by atoms with E-state index in [0.717, 1.165) is 32.7 Å². The summed E-state index contributed by atoms with van der Waals surface area (Å²) in [5, 5.41) is 3.63. The predicted molar refractivity (Wildman–Crippen MR) is 94.8 cm³/mol. The highest BCUT2D eigenvalue weighted by Crippen LogP contribution is 2.23. The first kappa shape index (κ1) is 16.7. The summed E-state index contributed by atoms with van der Waals surface area (Å²) in [5.74, 6) is 0.302. The van der Waals surface area contributed by atoms with E-state index in [0.29, 0.717) is 22.4 Å². The number of carbonyl (C=O) groups excluding carboxylic acids is 1. The van der Waals surface area contributed by atoms with Crippen molar-refractivity contribution in [3.63, 3.8) is 0 Å². The van der Waals surface area contributed by atoms with Gasteiger partial charge in [-0.25, -0.2) is 9.97 Å². The molecule has 0 atom stereocenters. The summed E-state index contributed by atoms with van der Waals surface area (Å²) in [4.78, 5) is 25.3. The fourth-order valence-corrected chi connectivity index (χ4v) is 2.83. The number of likely N-dealkylation sites (N-methyl/N-ethyl adjacent to an activating group) is 1. The fraction of sp³-hybridized carbons (Fsp3) is 0.353. The van der Waals surface area contributed by atoms with Crippen LogP contribution in [0.3, 0.4) is 0 Å². The van der Waals surface area contributed by atoms with Crippen LogP contribution in [0.25, 0.3) is 0 Å². The van der Waals surface area contributed by atoms with Gasteiger partial charge in [-0.05, 0) is 24.7 Å². The number of nitrogens with one attached hydrogen (secondary N) is 1. The van der Waals surface area contributed by atoms with Crippen molar-refractivity contribution in [2.24, 2.45) is 0 Å². The van der Waals surface area contributed by atoms with Crippen LogP contribution in [0.1, 0.15) is 17.4 Å². The first-order chi connectivity index (χ1) is 11.7. The molecule has 1 amide bonds. The maximum atomic E-state index is 12.6. The number of hydrogen-bond donors (Lipinski definition) is 1. The quantitative estimate of drug-likeness (QED) is 0.923. The second-order valence-corrected chi connectivity index (χ2v) is 6.00. The summed E-state index contributed by atoms with van der Waals surface area (Å²) in [6, 6.07) is 8.99.